The fourth-order valence-electron chi connectivity index (χ4n) is 5.25. The number of hydrogen-bond acceptors (Lipinski definition) is 5. The maximum absolute atomic E-state index is 12.8. The summed E-state index contributed by atoms with van der Waals surface area (Å²) in [5, 5.41) is 10.7. The maximum Gasteiger partial charge on any atom is 0.333 e. The lowest BCUT2D eigenvalue weighted by atomic mass is 9.48. The Morgan fingerprint density at radius 1 is 1.26 bits per heavy atom. The van der Waals surface area contributed by atoms with Crippen molar-refractivity contribution in [2.45, 2.75) is 70.2 Å². The quantitative estimate of drug-likeness (QED) is 0.462. The zero-order chi connectivity index (χ0) is 16.7. The van der Waals surface area contributed by atoms with Crippen LogP contribution in [0.4, 0.5) is 0 Å². The second-order valence-electron chi connectivity index (χ2n) is 7.73. The summed E-state index contributed by atoms with van der Waals surface area (Å²) in [7, 11) is 0. The van der Waals surface area contributed by atoms with Gasteiger partial charge in [-0.05, 0) is 56.8 Å². The molecule has 4 saturated carbocycles. The summed E-state index contributed by atoms with van der Waals surface area (Å²) in [5.74, 6) is -0.0657. The lowest BCUT2D eigenvalue weighted by Crippen LogP contribution is -2.58. The van der Waals surface area contributed by atoms with E-state index in [0.717, 1.165) is 44.6 Å². The Balaban J connectivity index is 1.71. The molecule has 4 bridgehead atoms. The third-order valence-corrected chi connectivity index (χ3v) is 5.64. The van der Waals surface area contributed by atoms with Gasteiger partial charge in [0.05, 0.1) is 11.0 Å². The zero-order valence-corrected chi connectivity index (χ0v) is 13.8. The summed E-state index contributed by atoms with van der Waals surface area (Å²) >= 11 is 0. The molecule has 0 radical (unpaired) electrons. The van der Waals surface area contributed by atoms with Gasteiger partial charge >= 0.3 is 11.9 Å². The average Bonchev–Trinajstić information content (AvgIpc) is 2.44. The molecule has 0 aromatic carbocycles. The van der Waals surface area contributed by atoms with Crippen molar-refractivity contribution in [3.8, 4) is 0 Å². The summed E-state index contributed by atoms with van der Waals surface area (Å²) < 4.78 is 10.7. The van der Waals surface area contributed by atoms with Crippen LogP contribution < -0.4 is 0 Å². The van der Waals surface area contributed by atoms with Gasteiger partial charge in [-0.3, -0.25) is 4.79 Å². The molecule has 0 saturated heterocycles. The minimum Gasteiger partial charge on any atom is -0.425 e. The lowest BCUT2D eigenvalue weighted by Gasteiger charge is -2.58. The molecule has 0 aliphatic heterocycles. The monoisotopic (exact) mass is 322 g/mol. The van der Waals surface area contributed by atoms with Crippen LogP contribution in [0.3, 0.4) is 0 Å². The molecule has 23 heavy (non-hydrogen) atoms. The topological polar surface area (TPSA) is 72.8 Å². The van der Waals surface area contributed by atoms with E-state index in [4.69, 9.17) is 9.47 Å². The summed E-state index contributed by atoms with van der Waals surface area (Å²) in [4.78, 5) is 24.2. The van der Waals surface area contributed by atoms with Gasteiger partial charge < -0.3 is 14.6 Å². The largest absolute Gasteiger partial charge is 0.425 e. The molecule has 5 nitrogen and oxygen atoms in total. The third-order valence-electron chi connectivity index (χ3n) is 5.64. The van der Waals surface area contributed by atoms with E-state index < -0.39 is 23.3 Å². The number of rotatable bonds is 6. The molecular weight excluding hydrogens is 296 g/mol. The summed E-state index contributed by atoms with van der Waals surface area (Å²) in [6.07, 6.45) is 6.22. The summed E-state index contributed by atoms with van der Waals surface area (Å²) in [6.45, 7) is 5.31. The van der Waals surface area contributed by atoms with Gasteiger partial charge in [-0.25, -0.2) is 4.79 Å². The van der Waals surface area contributed by atoms with Gasteiger partial charge in [0, 0.05) is 12.5 Å². The van der Waals surface area contributed by atoms with Crippen molar-refractivity contribution in [3.05, 3.63) is 12.7 Å². The number of ether oxygens (including phenoxy) is 2. The highest BCUT2D eigenvalue weighted by Crippen LogP contribution is 2.62. The highest BCUT2D eigenvalue weighted by atomic mass is 16.7. The van der Waals surface area contributed by atoms with Crippen LogP contribution in [-0.4, -0.2) is 28.9 Å². The molecule has 0 aromatic heterocycles. The smallest absolute Gasteiger partial charge is 0.333 e. The molecule has 3 atom stereocenters. The molecule has 128 valence electrons. The van der Waals surface area contributed by atoms with E-state index in [2.05, 4.69) is 6.58 Å². The first-order valence-electron chi connectivity index (χ1n) is 8.64. The van der Waals surface area contributed by atoms with Gasteiger partial charge in [-0.2, -0.15) is 0 Å². The first kappa shape index (κ1) is 16.5. The average molecular weight is 322 g/mol. The SMILES string of the molecule is C=CC(=O)OC(CCC)OC(=O)C12CC3CC(CC(O)(C3)C1)C2. The summed E-state index contributed by atoms with van der Waals surface area (Å²) in [6, 6.07) is 0. The molecule has 1 N–H and O–H groups in total. The van der Waals surface area contributed by atoms with Crippen LogP contribution in [0.25, 0.3) is 0 Å². The fraction of sp³-hybridized carbons (Fsp3) is 0.778. The Bertz CT molecular complexity index is 498. The van der Waals surface area contributed by atoms with Crippen LogP contribution >= 0.6 is 0 Å². The predicted octanol–water partition coefficient (Wildman–Crippen LogP) is 2.72. The summed E-state index contributed by atoms with van der Waals surface area (Å²) in [5.41, 5.74) is -1.30. The molecule has 4 fully saturated rings. The molecule has 3 unspecified atom stereocenters. The Morgan fingerprint density at radius 2 is 1.91 bits per heavy atom. The first-order valence-corrected chi connectivity index (χ1v) is 8.64. The van der Waals surface area contributed by atoms with Crippen LogP contribution in [0.1, 0.15) is 58.3 Å². The van der Waals surface area contributed by atoms with Crippen LogP contribution in [0, 0.1) is 17.3 Å². The predicted molar refractivity (Wildman–Crippen MR) is 83.1 cm³/mol. The zero-order valence-electron chi connectivity index (χ0n) is 13.8. The normalized spacial score (nSPS) is 38.9. The van der Waals surface area contributed by atoms with E-state index in [1.807, 2.05) is 6.92 Å². The van der Waals surface area contributed by atoms with Crippen molar-refractivity contribution in [1.29, 1.82) is 0 Å². The van der Waals surface area contributed by atoms with Crippen LogP contribution in [0.15, 0.2) is 12.7 Å². The highest BCUT2D eigenvalue weighted by molar-refractivity contribution is 5.82. The van der Waals surface area contributed by atoms with Gasteiger partial charge in [0.15, 0.2) is 0 Å². The Hall–Kier alpha value is -1.36. The van der Waals surface area contributed by atoms with Crippen molar-refractivity contribution in [2.24, 2.45) is 17.3 Å². The van der Waals surface area contributed by atoms with E-state index in [9.17, 15) is 14.7 Å². The second kappa shape index (κ2) is 5.93. The van der Waals surface area contributed by atoms with Crippen molar-refractivity contribution >= 4 is 11.9 Å². The molecule has 4 aliphatic carbocycles. The van der Waals surface area contributed by atoms with Crippen molar-refractivity contribution in [1.82, 2.24) is 0 Å². The van der Waals surface area contributed by atoms with E-state index in [0.29, 0.717) is 24.7 Å². The molecule has 0 heterocycles. The number of carbonyl (C=O) groups excluding carboxylic acids is 2. The molecule has 5 heteroatoms. The van der Waals surface area contributed by atoms with E-state index >= 15 is 0 Å². The van der Waals surface area contributed by atoms with Crippen molar-refractivity contribution in [3.63, 3.8) is 0 Å². The molecule has 0 spiro atoms. The number of carbonyl (C=O) groups is 2. The molecular formula is C18H26O5. The van der Waals surface area contributed by atoms with Gasteiger partial charge in [-0.15, -0.1) is 0 Å². The first-order chi connectivity index (χ1) is 10.9. The third kappa shape index (κ3) is 3.16. The van der Waals surface area contributed by atoms with Crippen LogP contribution in [0.2, 0.25) is 0 Å². The molecule has 0 aromatic rings. The standard InChI is InChI=1S/C18H26O5/c1-3-5-15(22-14(19)4-2)23-16(20)17-7-12-6-13(8-17)10-18(21,9-12)11-17/h4,12-13,15,21H,2-3,5-11H2,1H3. The van der Waals surface area contributed by atoms with Crippen LogP contribution in [-0.2, 0) is 19.1 Å². The van der Waals surface area contributed by atoms with E-state index in [-0.39, 0.29) is 5.97 Å². The molecule has 4 rings (SSSR count). The van der Waals surface area contributed by atoms with Crippen LogP contribution in [0.5, 0.6) is 0 Å². The van der Waals surface area contributed by atoms with Crippen molar-refractivity contribution in [2.75, 3.05) is 0 Å². The molecule has 4 aliphatic rings. The van der Waals surface area contributed by atoms with E-state index in [1.54, 1.807) is 0 Å². The van der Waals surface area contributed by atoms with Crippen molar-refractivity contribution < 1.29 is 24.2 Å². The maximum atomic E-state index is 12.8. The number of esters is 2. The highest BCUT2D eigenvalue weighted by Gasteiger charge is 2.61. The lowest BCUT2D eigenvalue weighted by molar-refractivity contribution is -0.217. The number of hydrogen-bond donors (Lipinski definition) is 1. The number of aliphatic hydroxyl groups is 1. The Kier molecular flexibility index (Phi) is 4.25. The van der Waals surface area contributed by atoms with Gasteiger partial charge in [0.1, 0.15) is 0 Å². The second-order valence-corrected chi connectivity index (χ2v) is 7.73. The van der Waals surface area contributed by atoms with Gasteiger partial charge in [-0.1, -0.05) is 13.5 Å². The van der Waals surface area contributed by atoms with Gasteiger partial charge in [0.25, 0.3) is 0 Å². The minimum atomic E-state index is -0.861. The molecule has 0 amide bonds. The Morgan fingerprint density at radius 3 is 2.43 bits per heavy atom. The fourth-order valence-corrected chi connectivity index (χ4v) is 5.25. The Labute approximate surface area is 137 Å². The van der Waals surface area contributed by atoms with Gasteiger partial charge in [0.2, 0.25) is 6.29 Å². The van der Waals surface area contributed by atoms with E-state index in [1.165, 1.54) is 0 Å². The minimum absolute atomic E-state index is 0.305.